The minimum absolute atomic E-state index is 0.641. The highest BCUT2D eigenvalue weighted by Crippen LogP contribution is 2.28. The molecule has 5 heteroatoms. The van der Waals surface area contributed by atoms with Crippen molar-refractivity contribution in [2.45, 2.75) is 47.7 Å². The van der Waals surface area contributed by atoms with Crippen LogP contribution in [0.25, 0.3) is 0 Å². The van der Waals surface area contributed by atoms with Crippen LogP contribution < -0.4 is 10.2 Å². The molecule has 2 aliphatic heterocycles. The lowest BCUT2D eigenvalue weighted by Crippen LogP contribution is -2.44. The number of nitrogens with one attached hydrogen (secondary N) is 1. The Morgan fingerprint density at radius 3 is 2.74 bits per heavy atom. The van der Waals surface area contributed by atoms with Crippen molar-refractivity contribution in [3.8, 4) is 0 Å². The number of hydrogen-bond donors (Lipinski definition) is 1. The summed E-state index contributed by atoms with van der Waals surface area (Å²) in [5.41, 5.74) is 1.25. The highest BCUT2D eigenvalue weighted by atomic mass is 32.2. The van der Waals surface area contributed by atoms with Gasteiger partial charge in [-0.2, -0.15) is 0 Å². The Balaban J connectivity index is 1.45. The van der Waals surface area contributed by atoms with E-state index in [2.05, 4.69) is 32.3 Å². The van der Waals surface area contributed by atoms with Crippen molar-refractivity contribution in [3.05, 3.63) is 42.9 Å². The van der Waals surface area contributed by atoms with Gasteiger partial charge in [-0.1, -0.05) is 18.2 Å². The summed E-state index contributed by atoms with van der Waals surface area (Å²) < 4.78 is 0. The molecule has 0 amide bonds. The highest BCUT2D eigenvalue weighted by Gasteiger charge is 2.27. The number of rotatable bonds is 3. The fourth-order valence-corrected chi connectivity index (χ4v) is 4.27. The summed E-state index contributed by atoms with van der Waals surface area (Å²) in [5, 5.41) is 4.82. The van der Waals surface area contributed by atoms with Crippen LogP contribution in [0.2, 0.25) is 0 Å². The molecule has 0 spiro atoms. The van der Waals surface area contributed by atoms with E-state index in [-0.39, 0.29) is 0 Å². The molecule has 4 nitrogen and oxygen atoms in total. The molecule has 2 aromatic heterocycles. The molecule has 0 radical (unpaired) electrons. The van der Waals surface area contributed by atoms with Crippen LogP contribution in [0, 0.1) is 0 Å². The molecule has 2 aromatic rings. The minimum Gasteiger partial charge on any atom is -0.369 e. The summed E-state index contributed by atoms with van der Waals surface area (Å²) in [5.74, 6) is 0. The van der Waals surface area contributed by atoms with Crippen LogP contribution in [0.5, 0.6) is 0 Å². The molecule has 0 saturated carbocycles. The van der Waals surface area contributed by atoms with E-state index < -0.39 is 0 Å². The van der Waals surface area contributed by atoms with E-state index in [4.69, 9.17) is 0 Å². The molecule has 4 rings (SSSR count). The number of pyridine rings is 2. The third kappa shape index (κ3) is 3.67. The Labute approximate surface area is 141 Å². The number of hydrogen-bond acceptors (Lipinski definition) is 5. The molecule has 0 aliphatic carbocycles. The number of aromatic nitrogens is 2. The fraction of sp³-hybridized carbons (Fsp3) is 0.444. The first-order valence-electron chi connectivity index (χ1n) is 8.42. The predicted octanol–water partition coefficient (Wildman–Crippen LogP) is 3.35. The third-order valence-electron chi connectivity index (χ3n) is 4.72. The van der Waals surface area contributed by atoms with Gasteiger partial charge in [-0.3, -0.25) is 4.98 Å². The monoisotopic (exact) mass is 326 g/mol. The third-order valence-corrected chi connectivity index (χ3v) is 5.68. The van der Waals surface area contributed by atoms with Crippen LogP contribution in [-0.2, 0) is 0 Å². The molecule has 2 unspecified atom stereocenters. The molecule has 4 heterocycles. The minimum atomic E-state index is 0.641. The van der Waals surface area contributed by atoms with Crippen molar-refractivity contribution >= 4 is 17.4 Å². The topological polar surface area (TPSA) is 41.0 Å². The molecular formula is C18H22N4S. The van der Waals surface area contributed by atoms with E-state index in [1.807, 2.05) is 30.7 Å². The Bertz CT molecular complexity index is 631. The smallest absolute Gasteiger partial charge is 0.101 e. The van der Waals surface area contributed by atoms with Gasteiger partial charge in [0.1, 0.15) is 5.03 Å². The van der Waals surface area contributed by atoms with Crippen LogP contribution in [0.15, 0.2) is 52.8 Å². The molecule has 2 aliphatic rings. The zero-order valence-electron chi connectivity index (χ0n) is 13.2. The summed E-state index contributed by atoms with van der Waals surface area (Å²) >= 11 is 1.68. The second kappa shape index (κ2) is 6.89. The van der Waals surface area contributed by atoms with Gasteiger partial charge in [0.25, 0.3) is 0 Å². The average molecular weight is 326 g/mol. The van der Waals surface area contributed by atoms with Gasteiger partial charge in [0.15, 0.2) is 0 Å². The predicted molar refractivity (Wildman–Crippen MR) is 94.0 cm³/mol. The van der Waals surface area contributed by atoms with Gasteiger partial charge in [0, 0.05) is 42.5 Å². The molecule has 120 valence electrons. The number of anilines is 1. The van der Waals surface area contributed by atoms with Crippen LogP contribution in [0.3, 0.4) is 0 Å². The first kappa shape index (κ1) is 15.0. The molecule has 2 bridgehead atoms. The average Bonchev–Trinajstić information content (AvgIpc) is 2.74. The molecule has 23 heavy (non-hydrogen) atoms. The van der Waals surface area contributed by atoms with E-state index >= 15 is 0 Å². The second-order valence-corrected chi connectivity index (χ2v) is 7.46. The van der Waals surface area contributed by atoms with E-state index in [9.17, 15) is 0 Å². The number of piperidine rings is 1. The molecule has 1 N–H and O–H groups in total. The van der Waals surface area contributed by atoms with Crippen molar-refractivity contribution in [3.63, 3.8) is 0 Å². The Hall–Kier alpha value is -1.59. The van der Waals surface area contributed by atoms with Gasteiger partial charge in [-0.05, 0) is 43.5 Å². The van der Waals surface area contributed by atoms with Crippen LogP contribution in [-0.4, -0.2) is 35.1 Å². The summed E-state index contributed by atoms with van der Waals surface area (Å²) in [6, 6.07) is 9.73. The largest absolute Gasteiger partial charge is 0.369 e. The van der Waals surface area contributed by atoms with Gasteiger partial charge in [-0.15, -0.1) is 0 Å². The van der Waals surface area contributed by atoms with E-state index in [0.717, 1.165) is 18.1 Å². The van der Waals surface area contributed by atoms with E-state index in [1.165, 1.54) is 36.3 Å². The lowest BCUT2D eigenvalue weighted by molar-refractivity contribution is 0.336. The summed E-state index contributed by atoms with van der Waals surface area (Å²) in [6.45, 7) is 2.24. The second-order valence-electron chi connectivity index (χ2n) is 6.37. The standard InChI is InChI=1S/C18H22N4S/c1-2-14-8-11-22(13-15(3-1)21-14)16-4-5-18(20-12-16)23-17-6-9-19-10-7-17/h4-7,9-10,12,14-15,21H,1-3,8,11,13H2. The number of nitrogens with zero attached hydrogens (tertiary/aromatic N) is 3. The molecule has 2 saturated heterocycles. The van der Waals surface area contributed by atoms with Gasteiger partial charge in [-0.25, -0.2) is 4.98 Å². The van der Waals surface area contributed by atoms with E-state index in [1.54, 1.807) is 11.8 Å². The van der Waals surface area contributed by atoms with Crippen molar-refractivity contribution < 1.29 is 0 Å². The first-order valence-corrected chi connectivity index (χ1v) is 9.23. The van der Waals surface area contributed by atoms with Gasteiger partial charge in [0.05, 0.1) is 11.9 Å². The van der Waals surface area contributed by atoms with Crippen molar-refractivity contribution in [1.29, 1.82) is 0 Å². The van der Waals surface area contributed by atoms with Crippen LogP contribution in [0.4, 0.5) is 5.69 Å². The van der Waals surface area contributed by atoms with Gasteiger partial charge in [0.2, 0.25) is 0 Å². The van der Waals surface area contributed by atoms with Crippen molar-refractivity contribution in [2.24, 2.45) is 0 Å². The van der Waals surface area contributed by atoms with Gasteiger partial charge >= 0.3 is 0 Å². The highest BCUT2D eigenvalue weighted by molar-refractivity contribution is 7.99. The Kier molecular flexibility index (Phi) is 4.48. The zero-order valence-corrected chi connectivity index (χ0v) is 14.0. The van der Waals surface area contributed by atoms with E-state index in [0.29, 0.717) is 12.1 Å². The molecule has 0 aromatic carbocycles. The maximum atomic E-state index is 4.65. The summed E-state index contributed by atoms with van der Waals surface area (Å²) in [4.78, 5) is 12.4. The maximum absolute atomic E-state index is 4.65. The molecular weight excluding hydrogens is 304 g/mol. The van der Waals surface area contributed by atoms with Gasteiger partial charge < -0.3 is 10.2 Å². The zero-order chi connectivity index (χ0) is 15.5. The first-order chi connectivity index (χ1) is 11.4. The summed E-state index contributed by atoms with van der Waals surface area (Å²) in [7, 11) is 0. The quantitative estimate of drug-likeness (QED) is 0.937. The fourth-order valence-electron chi connectivity index (χ4n) is 3.53. The molecule has 2 fully saturated rings. The lowest BCUT2D eigenvalue weighted by Gasteiger charge is -2.29. The van der Waals surface area contributed by atoms with Crippen LogP contribution in [0.1, 0.15) is 25.7 Å². The number of fused-ring (bicyclic) bond motifs is 2. The Morgan fingerprint density at radius 2 is 1.91 bits per heavy atom. The maximum Gasteiger partial charge on any atom is 0.101 e. The normalized spacial score (nSPS) is 24.3. The SMILES string of the molecule is c1cc(Sc2ccc(N3CCC4CCCC(C3)N4)cn2)ccn1. The molecule has 2 atom stereocenters. The Morgan fingerprint density at radius 1 is 1.04 bits per heavy atom. The van der Waals surface area contributed by atoms with Crippen molar-refractivity contribution in [1.82, 2.24) is 15.3 Å². The summed E-state index contributed by atoms with van der Waals surface area (Å²) in [6.07, 6.45) is 10.9. The lowest BCUT2D eigenvalue weighted by atomic mass is 9.98. The van der Waals surface area contributed by atoms with Crippen LogP contribution >= 0.6 is 11.8 Å². The van der Waals surface area contributed by atoms with Crippen molar-refractivity contribution in [2.75, 3.05) is 18.0 Å².